The molecule has 0 atom stereocenters. The van der Waals surface area contributed by atoms with Crippen LogP contribution in [0.1, 0.15) is 30.9 Å². The molecule has 1 saturated heterocycles. The predicted molar refractivity (Wildman–Crippen MR) is 113 cm³/mol. The van der Waals surface area contributed by atoms with Gasteiger partial charge in [0, 0.05) is 50.3 Å². The number of aromatic nitrogens is 2. The molecule has 2 aromatic rings. The average molecular weight is 412 g/mol. The lowest BCUT2D eigenvalue weighted by Crippen LogP contribution is -2.54. The first kappa shape index (κ1) is 20.4. The maximum Gasteiger partial charge on any atom is 0.328 e. The molecule has 0 saturated carbocycles. The molecule has 1 spiro atoms. The van der Waals surface area contributed by atoms with Gasteiger partial charge in [-0.15, -0.1) is 0 Å². The molecule has 1 fully saturated rings. The van der Waals surface area contributed by atoms with Crippen molar-refractivity contribution in [3.8, 4) is 5.75 Å². The Bertz CT molecular complexity index is 1050. The van der Waals surface area contributed by atoms with E-state index in [-0.39, 0.29) is 12.5 Å². The topological polar surface area (TPSA) is 87.6 Å². The van der Waals surface area contributed by atoms with Crippen LogP contribution < -0.4 is 16.0 Å². The Kier molecular flexibility index (Phi) is 5.51. The number of amides is 1. The number of hydrogen-bond acceptors (Lipinski definition) is 5. The van der Waals surface area contributed by atoms with E-state index in [1.54, 1.807) is 4.90 Å². The predicted octanol–water partition coefficient (Wildman–Crippen LogP) is 1.12. The fraction of sp³-hybridized carbons (Fsp3) is 0.500. The molecule has 30 heavy (non-hydrogen) atoms. The van der Waals surface area contributed by atoms with Crippen LogP contribution in [0.4, 0.5) is 0 Å². The Morgan fingerprint density at radius 1 is 1.20 bits per heavy atom. The number of rotatable bonds is 3. The van der Waals surface area contributed by atoms with E-state index in [4.69, 9.17) is 4.74 Å². The number of nitrogens with zero attached hydrogens (tertiary/aromatic N) is 3. The van der Waals surface area contributed by atoms with Crippen LogP contribution in [0, 0.1) is 6.92 Å². The van der Waals surface area contributed by atoms with Crippen LogP contribution in [0.5, 0.6) is 5.75 Å². The number of likely N-dealkylation sites (tertiary alicyclic amines) is 1. The number of carbonyl (C=O) groups is 1. The zero-order chi connectivity index (χ0) is 21.3. The van der Waals surface area contributed by atoms with E-state index in [2.05, 4.69) is 22.9 Å². The Hall–Kier alpha value is -2.87. The molecule has 160 valence electrons. The number of aryl methyl sites for hydroxylation is 1. The molecule has 4 rings (SSSR count). The summed E-state index contributed by atoms with van der Waals surface area (Å²) in [5, 5.41) is 0. The Balaban J connectivity index is 1.63. The summed E-state index contributed by atoms with van der Waals surface area (Å²) in [7, 11) is 0. The van der Waals surface area contributed by atoms with Crippen molar-refractivity contribution in [1.29, 1.82) is 0 Å². The molecule has 1 amide bonds. The quantitative estimate of drug-likeness (QED) is 0.816. The Morgan fingerprint density at radius 3 is 2.67 bits per heavy atom. The largest absolute Gasteiger partial charge is 0.485 e. The molecule has 8 nitrogen and oxygen atoms in total. The third kappa shape index (κ3) is 4.18. The summed E-state index contributed by atoms with van der Waals surface area (Å²) in [6, 6.07) is 7.34. The number of fused-ring (bicyclic) bond motifs is 1. The number of nitrogens with one attached hydrogen (secondary N) is 1. The van der Waals surface area contributed by atoms with E-state index in [1.165, 1.54) is 16.8 Å². The van der Waals surface area contributed by atoms with Crippen molar-refractivity contribution in [2.75, 3.05) is 26.2 Å². The molecule has 0 unspecified atom stereocenters. The van der Waals surface area contributed by atoms with Crippen LogP contribution in [-0.2, 0) is 17.9 Å². The van der Waals surface area contributed by atoms with Crippen molar-refractivity contribution in [2.24, 2.45) is 0 Å². The second-order valence-electron chi connectivity index (χ2n) is 8.32. The minimum atomic E-state index is -0.580. The van der Waals surface area contributed by atoms with Gasteiger partial charge >= 0.3 is 5.69 Å². The van der Waals surface area contributed by atoms with Crippen molar-refractivity contribution in [2.45, 2.75) is 45.4 Å². The minimum Gasteiger partial charge on any atom is -0.485 e. The fourth-order valence-corrected chi connectivity index (χ4v) is 4.33. The maximum absolute atomic E-state index is 13.2. The molecule has 0 aliphatic carbocycles. The first-order chi connectivity index (χ1) is 14.4. The first-order valence-corrected chi connectivity index (χ1v) is 10.5. The summed E-state index contributed by atoms with van der Waals surface area (Å²) in [5.74, 6) is 0.668. The van der Waals surface area contributed by atoms with E-state index in [1.807, 2.05) is 19.1 Å². The molecule has 1 N–H and O–H groups in total. The van der Waals surface area contributed by atoms with Gasteiger partial charge < -0.3 is 14.5 Å². The van der Waals surface area contributed by atoms with Crippen LogP contribution in [0.15, 0.2) is 40.1 Å². The average Bonchev–Trinajstić information content (AvgIpc) is 2.87. The van der Waals surface area contributed by atoms with Crippen molar-refractivity contribution in [3.05, 3.63) is 62.4 Å². The van der Waals surface area contributed by atoms with E-state index >= 15 is 0 Å². The molecule has 2 aliphatic heterocycles. The molecule has 8 heteroatoms. The highest BCUT2D eigenvalue weighted by atomic mass is 16.5. The minimum absolute atomic E-state index is 0.117. The number of ether oxygens (including phenoxy) is 1. The van der Waals surface area contributed by atoms with Gasteiger partial charge in [-0.25, -0.2) is 4.79 Å². The summed E-state index contributed by atoms with van der Waals surface area (Å²) >= 11 is 0. The van der Waals surface area contributed by atoms with Gasteiger partial charge in [-0.05, 0) is 19.5 Å². The second-order valence-corrected chi connectivity index (χ2v) is 8.32. The SMILES string of the molecule is CCN1CCC2(CC1)CN(C(=O)Cn1ccc(=O)[nH]c1=O)Cc1cc(C)ccc1O2. The molecular formula is C22H28N4O4. The second kappa shape index (κ2) is 8.10. The number of piperidine rings is 1. The summed E-state index contributed by atoms with van der Waals surface area (Å²) in [6.45, 7) is 7.84. The number of benzene rings is 1. The molecule has 3 heterocycles. The molecular weight excluding hydrogens is 384 g/mol. The maximum atomic E-state index is 13.2. The fourth-order valence-electron chi connectivity index (χ4n) is 4.33. The van der Waals surface area contributed by atoms with Gasteiger partial charge in [0.1, 0.15) is 17.9 Å². The van der Waals surface area contributed by atoms with Crippen LogP contribution in [0.25, 0.3) is 0 Å². The lowest BCUT2D eigenvalue weighted by Gasteiger charge is -2.42. The molecule has 1 aromatic carbocycles. The third-order valence-corrected chi connectivity index (χ3v) is 6.15. The van der Waals surface area contributed by atoms with Crippen molar-refractivity contribution in [3.63, 3.8) is 0 Å². The highest BCUT2D eigenvalue weighted by Crippen LogP contribution is 2.36. The van der Waals surface area contributed by atoms with Gasteiger partial charge in [-0.2, -0.15) is 0 Å². The van der Waals surface area contributed by atoms with Crippen molar-refractivity contribution < 1.29 is 9.53 Å². The van der Waals surface area contributed by atoms with E-state index in [9.17, 15) is 14.4 Å². The van der Waals surface area contributed by atoms with Crippen molar-refractivity contribution in [1.82, 2.24) is 19.4 Å². The van der Waals surface area contributed by atoms with Gasteiger partial charge in [0.25, 0.3) is 5.56 Å². The monoisotopic (exact) mass is 412 g/mol. The smallest absolute Gasteiger partial charge is 0.328 e. The standard InChI is InChI=1S/C22H28N4O4/c1-3-24-10-7-22(8-11-24)15-26(13-17-12-16(2)4-5-18(17)30-22)20(28)14-25-9-6-19(27)23-21(25)29/h4-6,9,12H,3,7-8,10-11,13-15H2,1-2H3,(H,23,27,29). The summed E-state index contributed by atoms with van der Waals surface area (Å²) < 4.78 is 7.80. The lowest BCUT2D eigenvalue weighted by molar-refractivity contribution is -0.136. The van der Waals surface area contributed by atoms with Crippen LogP contribution in [0.2, 0.25) is 0 Å². The normalized spacial score (nSPS) is 18.5. The summed E-state index contributed by atoms with van der Waals surface area (Å²) in [6.07, 6.45) is 3.05. The van der Waals surface area contributed by atoms with Gasteiger partial charge in [0.05, 0.1) is 6.54 Å². The zero-order valence-electron chi connectivity index (χ0n) is 17.5. The third-order valence-electron chi connectivity index (χ3n) is 6.15. The summed E-state index contributed by atoms with van der Waals surface area (Å²) in [5.41, 5.74) is 0.602. The first-order valence-electron chi connectivity index (χ1n) is 10.5. The van der Waals surface area contributed by atoms with Gasteiger partial charge in [0.15, 0.2) is 0 Å². The van der Waals surface area contributed by atoms with Crippen LogP contribution >= 0.6 is 0 Å². The molecule has 0 bridgehead atoms. The molecule has 2 aliphatic rings. The summed E-state index contributed by atoms with van der Waals surface area (Å²) in [4.78, 5) is 42.9. The van der Waals surface area contributed by atoms with Crippen LogP contribution in [-0.4, -0.2) is 57.0 Å². The van der Waals surface area contributed by atoms with E-state index in [0.29, 0.717) is 13.1 Å². The zero-order valence-corrected chi connectivity index (χ0v) is 17.5. The number of carbonyl (C=O) groups excluding carboxylic acids is 1. The molecule has 1 aromatic heterocycles. The van der Waals surface area contributed by atoms with E-state index < -0.39 is 16.9 Å². The lowest BCUT2D eigenvalue weighted by atomic mass is 9.90. The molecule has 0 radical (unpaired) electrons. The highest BCUT2D eigenvalue weighted by Gasteiger charge is 2.41. The van der Waals surface area contributed by atoms with Gasteiger partial charge in [0.2, 0.25) is 5.91 Å². The number of aromatic amines is 1. The Labute approximate surface area is 175 Å². The van der Waals surface area contributed by atoms with Crippen molar-refractivity contribution >= 4 is 5.91 Å². The Morgan fingerprint density at radius 2 is 1.97 bits per heavy atom. The number of H-pyrrole nitrogens is 1. The van der Waals surface area contributed by atoms with E-state index in [0.717, 1.165) is 49.4 Å². The van der Waals surface area contributed by atoms with Gasteiger partial charge in [-0.1, -0.05) is 24.6 Å². The highest BCUT2D eigenvalue weighted by molar-refractivity contribution is 5.76. The van der Waals surface area contributed by atoms with Gasteiger partial charge in [-0.3, -0.25) is 19.1 Å². The van der Waals surface area contributed by atoms with Crippen LogP contribution in [0.3, 0.4) is 0 Å². The number of hydrogen-bond donors (Lipinski definition) is 1.